The molecule has 0 bridgehead atoms. The first kappa shape index (κ1) is 20.9. The number of carbonyl (C=O) groups excluding carboxylic acids is 3. The third-order valence-electron chi connectivity index (χ3n) is 5.00. The Kier molecular flexibility index (Phi) is 6.29. The van der Waals surface area contributed by atoms with Crippen LogP contribution in [0, 0.1) is 5.92 Å². The van der Waals surface area contributed by atoms with E-state index in [9.17, 15) is 14.4 Å². The van der Waals surface area contributed by atoms with Crippen molar-refractivity contribution >= 4 is 18.3 Å². The van der Waals surface area contributed by atoms with E-state index in [1.54, 1.807) is 25.7 Å². The van der Waals surface area contributed by atoms with Crippen molar-refractivity contribution in [1.29, 1.82) is 0 Å². The largest absolute Gasteiger partial charge is 0.444 e. The number of rotatable bonds is 7. The third kappa shape index (κ3) is 4.49. The molecule has 2 amide bonds. The third-order valence-corrected chi connectivity index (χ3v) is 5.00. The summed E-state index contributed by atoms with van der Waals surface area (Å²) in [5, 5.41) is 2.64. The number of amides is 2. The summed E-state index contributed by atoms with van der Waals surface area (Å²) in [6.07, 6.45) is 0.573. The van der Waals surface area contributed by atoms with Gasteiger partial charge in [0, 0.05) is 19.0 Å². The van der Waals surface area contributed by atoms with E-state index in [1.165, 1.54) is 0 Å². The Bertz CT molecular complexity index is 679. The van der Waals surface area contributed by atoms with Crippen LogP contribution in [0.1, 0.15) is 46.6 Å². The molecule has 6 nitrogen and oxygen atoms in total. The molecule has 0 aromatic heterocycles. The van der Waals surface area contributed by atoms with Gasteiger partial charge in [-0.25, -0.2) is 4.79 Å². The van der Waals surface area contributed by atoms with E-state index in [1.807, 2.05) is 44.2 Å². The maximum atomic E-state index is 13.3. The van der Waals surface area contributed by atoms with Crippen molar-refractivity contribution in [1.82, 2.24) is 10.2 Å². The maximum absolute atomic E-state index is 13.3. The molecule has 27 heavy (non-hydrogen) atoms. The Morgan fingerprint density at radius 1 is 1.26 bits per heavy atom. The molecule has 0 spiro atoms. The van der Waals surface area contributed by atoms with E-state index < -0.39 is 23.2 Å². The first-order chi connectivity index (χ1) is 12.7. The highest BCUT2D eigenvalue weighted by atomic mass is 16.6. The minimum atomic E-state index is -0.784. The van der Waals surface area contributed by atoms with Gasteiger partial charge in [-0.2, -0.15) is 0 Å². The van der Waals surface area contributed by atoms with Crippen LogP contribution < -0.4 is 5.32 Å². The Balaban J connectivity index is 2.29. The van der Waals surface area contributed by atoms with Crippen LogP contribution in [0.15, 0.2) is 30.3 Å². The van der Waals surface area contributed by atoms with Crippen LogP contribution in [-0.4, -0.2) is 47.9 Å². The van der Waals surface area contributed by atoms with Gasteiger partial charge in [-0.05, 0) is 46.6 Å². The van der Waals surface area contributed by atoms with Gasteiger partial charge in [0.1, 0.15) is 11.9 Å². The molecular formula is C21H30N2O4. The van der Waals surface area contributed by atoms with Crippen LogP contribution in [0.25, 0.3) is 0 Å². The maximum Gasteiger partial charge on any atom is 0.408 e. The Labute approximate surface area is 161 Å². The zero-order valence-electron chi connectivity index (χ0n) is 16.8. The number of hydrogen-bond donors (Lipinski definition) is 1. The van der Waals surface area contributed by atoms with Crippen molar-refractivity contribution in [3.05, 3.63) is 35.9 Å². The zero-order valence-corrected chi connectivity index (χ0v) is 16.8. The summed E-state index contributed by atoms with van der Waals surface area (Å²) in [4.78, 5) is 39.0. The normalized spacial score (nSPS) is 22.5. The van der Waals surface area contributed by atoms with Crippen LogP contribution in [0.3, 0.4) is 0 Å². The van der Waals surface area contributed by atoms with Crippen molar-refractivity contribution in [2.45, 2.75) is 58.1 Å². The summed E-state index contributed by atoms with van der Waals surface area (Å²) in [5.41, 5.74) is -0.563. The van der Waals surface area contributed by atoms with E-state index in [2.05, 4.69) is 5.32 Å². The molecule has 1 aromatic carbocycles. The first-order valence-electron chi connectivity index (χ1n) is 9.49. The van der Waals surface area contributed by atoms with E-state index in [0.717, 1.165) is 5.56 Å². The summed E-state index contributed by atoms with van der Waals surface area (Å²) < 4.78 is 5.27. The number of ether oxygens (including phenoxy) is 1. The summed E-state index contributed by atoms with van der Waals surface area (Å²) in [6, 6.07) is 8.72. The van der Waals surface area contributed by atoms with Crippen LogP contribution in [0.4, 0.5) is 4.79 Å². The number of benzene rings is 1. The van der Waals surface area contributed by atoms with Gasteiger partial charge in [-0.3, -0.25) is 4.79 Å². The second-order valence-corrected chi connectivity index (χ2v) is 7.93. The van der Waals surface area contributed by atoms with Crippen LogP contribution in [0.2, 0.25) is 0 Å². The smallest absolute Gasteiger partial charge is 0.408 e. The summed E-state index contributed by atoms with van der Waals surface area (Å²) in [7, 11) is 0. The van der Waals surface area contributed by atoms with Gasteiger partial charge in [0.2, 0.25) is 5.91 Å². The molecule has 0 unspecified atom stereocenters. The highest BCUT2D eigenvalue weighted by molar-refractivity contribution is 5.93. The fourth-order valence-corrected chi connectivity index (χ4v) is 3.62. The van der Waals surface area contributed by atoms with Crippen LogP contribution >= 0.6 is 0 Å². The highest BCUT2D eigenvalue weighted by Gasteiger charge is 2.64. The van der Waals surface area contributed by atoms with E-state index in [4.69, 9.17) is 4.74 Å². The Morgan fingerprint density at radius 3 is 2.33 bits per heavy atom. The second kappa shape index (κ2) is 8.11. The van der Waals surface area contributed by atoms with Crippen molar-refractivity contribution in [3.8, 4) is 0 Å². The molecule has 1 aliphatic rings. The lowest BCUT2D eigenvalue weighted by atomic mass is 9.89. The zero-order chi connectivity index (χ0) is 20.2. The number of nitrogens with zero attached hydrogens (tertiary/aromatic N) is 1. The van der Waals surface area contributed by atoms with E-state index in [0.29, 0.717) is 25.8 Å². The van der Waals surface area contributed by atoms with Gasteiger partial charge in [0.25, 0.3) is 0 Å². The van der Waals surface area contributed by atoms with Gasteiger partial charge < -0.3 is 19.7 Å². The molecule has 0 heterocycles. The number of carbonyl (C=O) groups is 3. The Morgan fingerprint density at radius 2 is 1.85 bits per heavy atom. The predicted molar refractivity (Wildman–Crippen MR) is 103 cm³/mol. The van der Waals surface area contributed by atoms with Gasteiger partial charge in [0.05, 0.1) is 11.5 Å². The van der Waals surface area contributed by atoms with Crippen molar-refractivity contribution < 1.29 is 19.1 Å². The minimum absolute atomic E-state index is 0.00142. The second-order valence-electron chi connectivity index (χ2n) is 7.93. The fourth-order valence-electron chi connectivity index (χ4n) is 3.62. The minimum Gasteiger partial charge on any atom is -0.444 e. The predicted octanol–water partition coefficient (Wildman–Crippen LogP) is 2.90. The molecule has 0 saturated heterocycles. The quantitative estimate of drug-likeness (QED) is 0.745. The van der Waals surface area contributed by atoms with Crippen molar-refractivity contribution in [3.63, 3.8) is 0 Å². The summed E-state index contributed by atoms with van der Waals surface area (Å²) >= 11 is 0. The molecule has 2 rings (SSSR count). The molecule has 6 heteroatoms. The van der Waals surface area contributed by atoms with Crippen LogP contribution in [0.5, 0.6) is 0 Å². The number of alkyl carbamates (subject to hydrolysis) is 1. The first-order valence-corrected chi connectivity index (χ1v) is 9.49. The monoisotopic (exact) mass is 374 g/mol. The lowest BCUT2D eigenvalue weighted by molar-refractivity contribution is -0.134. The standard InChI is InChI=1S/C21H30N2O4/c1-6-23(7-2)18(25)21(15-11-9-8-10-12-15)13-16(21)17(14-24)22-19(26)27-20(3,4)5/h8-12,14,16-17H,6-7,13H2,1-5H3,(H,22,26)/t16-,17-,21+/m0/s1. The van der Waals surface area contributed by atoms with Gasteiger partial charge in [-0.1, -0.05) is 30.3 Å². The SMILES string of the molecule is CCN(CC)C(=O)[C@@]1(c2ccccc2)C[C@H]1[C@H](C=O)NC(=O)OC(C)(C)C. The van der Waals surface area contributed by atoms with Crippen molar-refractivity contribution in [2.24, 2.45) is 5.92 Å². The highest BCUT2D eigenvalue weighted by Crippen LogP contribution is 2.57. The van der Waals surface area contributed by atoms with E-state index in [-0.39, 0.29) is 11.8 Å². The van der Waals surface area contributed by atoms with E-state index >= 15 is 0 Å². The molecule has 1 saturated carbocycles. The molecule has 148 valence electrons. The molecular weight excluding hydrogens is 344 g/mol. The summed E-state index contributed by atoms with van der Waals surface area (Å²) in [5.74, 6) is -0.292. The number of likely N-dealkylation sites (N-methyl/N-ethyl adjacent to an activating group) is 1. The number of nitrogens with one attached hydrogen (secondary N) is 1. The Hall–Kier alpha value is -2.37. The lowest BCUT2D eigenvalue weighted by Crippen LogP contribution is -2.46. The topological polar surface area (TPSA) is 75.7 Å². The number of aldehydes is 1. The molecule has 3 atom stereocenters. The van der Waals surface area contributed by atoms with Gasteiger partial charge in [-0.15, -0.1) is 0 Å². The molecule has 0 aliphatic heterocycles. The van der Waals surface area contributed by atoms with Gasteiger partial charge in [0.15, 0.2) is 0 Å². The number of hydrogen-bond acceptors (Lipinski definition) is 4. The fraction of sp³-hybridized carbons (Fsp3) is 0.571. The average molecular weight is 374 g/mol. The van der Waals surface area contributed by atoms with Gasteiger partial charge >= 0.3 is 6.09 Å². The summed E-state index contributed by atoms with van der Waals surface area (Å²) in [6.45, 7) is 10.4. The lowest BCUT2D eigenvalue weighted by Gasteiger charge is -2.28. The average Bonchev–Trinajstić information content (AvgIpc) is 3.36. The molecule has 1 aromatic rings. The molecule has 1 aliphatic carbocycles. The molecule has 1 fully saturated rings. The van der Waals surface area contributed by atoms with Crippen molar-refractivity contribution in [2.75, 3.05) is 13.1 Å². The molecule has 0 radical (unpaired) electrons. The molecule has 1 N–H and O–H groups in total. The van der Waals surface area contributed by atoms with Crippen LogP contribution in [-0.2, 0) is 19.7 Å².